The topological polar surface area (TPSA) is 38.3 Å². The summed E-state index contributed by atoms with van der Waals surface area (Å²) in [7, 11) is 1.70. The van der Waals surface area contributed by atoms with E-state index in [2.05, 4.69) is 37.2 Å². The maximum Gasteiger partial charge on any atom is 0.261 e. The van der Waals surface area contributed by atoms with Crippen molar-refractivity contribution in [2.24, 2.45) is 0 Å². The van der Waals surface area contributed by atoms with Gasteiger partial charge in [0.05, 0.1) is 20.8 Å². The third-order valence-corrected chi connectivity index (χ3v) is 6.20. The van der Waals surface area contributed by atoms with Crippen LogP contribution in [0.4, 0.5) is 0 Å². The van der Waals surface area contributed by atoms with Gasteiger partial charge in [-0.1, -0.05) is 0 Å². The number of nitrogens with one attached hydrogen (secondary N) is 1. The van der Waals surface area contributed by atoms with Gasteiger partial charge in [0.15, 0.2) is 0 Å². The highest BCUT2D eigenvalue weighted by Crippen LogP contribution is 2.32. The fourth-order valence-corrected chi connectivity index (χ4v) is 4.01. The largest absolute Gasteiger partial charge is 0.379 e. The molecule has 94 valence electrons. The lowest BCUT2D eigenvalue weighted by molar-refractivity contribution is 0.0724. The Labute approximate surface area is 121 Å². The smallest absolute Gasteiger partial charge is 0.261 e. The lowest BCUT2D eigenvalue weighted by Gasteiger charge is -2.19. The monoisotopic (exact) mass is 381 g/mol. The van der Waals surface area contributed by atoms with E-state index in [0.29, 0.717) is 4.88 Å². The van der Waals surface area contributed by atoms with Gasteiger partial charge in [0, 0.05) is 11.6 Å². The van der Waals surface area contributed by atoms with Gasteiger partial charge >= 0.3 is 0 Å². The molecule has 1 aliphatic rings. The van der Waals surface area contributed by atoms with Crippen LogP contribution in [0.1, 0.15) is 28.9 Å². The van der Waals surface area contributed by atoms with Gasteiger partial charge in [-0.3, -0.25) is 4.79 Å². The summed E-state index contributed by atoms with van der Waals surface area (Å²) >= 11 is 8.20. The Morgan fingerprint density at radius 1 is 1.53 bits per heavy atom. The third-order valence-electron chi connectivity index (χ3n) is 2.94. The minimum absolute atomic E-state index is 0.0182. The minimum Gasteiger partial charge on any atom is -0.379 e. The van der Waals surface area contributed by atoms with Crippen LogP contribution in [0.2, 0.25) is 0 Å². The molecule has 1 heterocycles. The standard InChI is InChI=1S/C11H13Br2NO2S/c1-16-8-4-2-3-7(8)14-11(15)9-5-6(12)10(13)17-9/h5,7-8H,2-4H2,1H3,(H,14,15). The van der Waals surface area contributed by atoms with E-state index in [9.17, 15) is 4.79 Å². The Bertz CT molecular complexity index is 402. The number of hydrogen-bond donors (Lipinski definition) is 1. The Hall–Kier alpha value is 0.0900. The van der Waals surface area contributed by atoms with Crippen LogP contribution in [0.5, 0.6) is 0 Å². The Kier molecular flexibility index (Phi) is 4.63. The molecule has 0 saturated heterocycles. The number of thiophene rings is 1. The van der Waals surface area contributed by atoms with Crippen molar-refractivity contribution in [3.05, 3.63) is 19.2 Å². The van der Waals surface area contributed by atoms with Crippen molar-refractivity contribution in [2.45, 2.75) is 31.4 Å². The van der Waals surface area contributed by atoms with E-state index < -0.39 is 0 Å². The first-order chi connectivity index (χ1) is 8.11. The van der Waals surface area contributed by atoms with Gasteiger partial charge in [0.2, 0.25) is 0 Å². The summed E-state index contributed by atoms with van der Waals surface area (Å²) in [6.07, 6.45) is 3.30. The molecule has 1 amide bonds. The van der Waals surface area contributed by atoms with Gasteiger partial charge in [0.1, 0.15) is 0 Å². The van der Waals surface area contributed by atoms with E-state index in [-0.39, 0.29) is 18.1 Å². The molecule has 0 aliphatic heterocycles. The van der Waals surface area contributed by atoms with Crippen LogP contribution >= 0.6 is 43.2 Å². The molecule has 1 aromatic heterocycles. The molecule has 2 unspecified atom stereocenters. The second kappa shape index (κ2) is 5.82. The average molecular weight is 383 g/mol. The highest BCUT2D eigenvalue weighted by atomic mass is 79.9. The molecule has 3 nitrogen and oxygen atoms in total. The number of carbonyl (C=O) groups is 1. The predicted molar refractivity (Wildman–Crippen MR) is 75.6 cm³/mol. The number of halogens is 2. The van der Waals surface area contributed by atoms with Crippen LogP contribution < -0.4 is 5.32 Å². The van der Waals surface area contributed by atoms with Gasteiger partial charge < -0.3 is 10.1 Å². The van der Waals surface area contributed by atoms with Crippen LogP contribution in [-0.2, 0) is 4.74 Å². The zero-order chi connectivity index (χ0) is 12.4. The lowest BCUT2D eigenvalue weighted by Crippen LogP contribution is -2.40. The minimum atomic E-state index is -0.0182. The van der Waals surface area contributed by atoms with E-state index in [1.165, 1.54) is 11.3 Å². The summed E-state index contributed by atoms with van der Waals surface area (Å²) in [6.45, 7) is 0. The molecule has 1 saturated carbocycles. The quantitative estimate of drug-likeness (QED) is 0.867. The third kappa shape index (κ3) is 3.10. The first-order valence-electron chi connectivity index (χ1n) is 5.40. The molecule has 6 heteroatoms. The van der Waals surface area contributed by atoms with Gasteiger partial charge in [-0.25, -0.2) is 0 Å². The highest BCUT2D eigenvalue weighted by molar-refractivity contribution is 9.13. The molecule has 2 atom stereocenters. The Morgan fingerprint density at radius 2 is 2.29 bits per heavy atom. The van der Waals surface area contributed by atoms with Crippen molar-refractivity contribution in [1.29, 1.82) is 0 Å². The molecule has 17 heavy (non-hydrogen) atoms. The Morgan fingerprint density at radius 3 is 2.88 bits per heavy atom. The van der Waals surface area contributed by atoms with Gasteiger partial charge in [-0.2, -0.15) is 0 Å². The number of carbonyl (C=O) groups excluding carboxylic acids is 1. The maximum absolute atomic E-state index is 12.0. The highest BCUT2D eigenvalue weighted by Gasteiger charge is 2.29. The number of rotatable bonds is 3. The molecule has 0 radical (unpaired) electrons. The van der Waals surface area contributed by atoms with Crippen LogP contribution in [0, 0.1) is 0 Å². The number of hydrogen-bond acceptors (Lipinski definition) is 3. The number of amides is 1. The molecule has 1 fully saturated rings. The van der Waals surface area contributed by atoms with Gasteiger partial charge in [-0.15, -0.1) is 11.3 Å². The van der Waals surface area contributed by atoms with Crippen LogP contribution in [0.25, 0.3) is 0 Å². The number of methoxy groups -OCH3 is 1. The summed E-state index contributed by atoms with van der Waals surface area (Å²) < 4.78 is 7.22. The number of ether oxygens (including phenoxy) is 1. The van der Waals surface area contributed by atoms with Crippen LogP contribution in [0.3, 0.4) is 0 Å². The van der Waals surface area contributed by atoms with E-state index in [0.717, 1.165) is 27.5 Å². The first-order valence-corrected chi connectivity index (χ1v) is 7.80. The first kappa shape index (κ1) is 13.5. The maximum atomic E-state index is 12.0. The lowest BCUT2D eigenvalue weighted by atomic mass is 10.2. The molecule has 2 rings (SSSR count). The summed E-state index contributed by atoms with van der Waals surface area (Å²) in [5, 5.41) is 3.04. The molecule has 1 aromatic rings. The van der Waals surface area contributed by atoms with Gasteiger partial charge in [-0.05, 0) is 57.2 Å². The molecular formula is C11H13Br2NO2S. The molecular weight excluding hydrogens is 370 g/mol. The van der Waals surface area contributed by atoms with Crippen molar-refractivity contribution in [2.75, 3.05) is 7.11 Å². The molecule has 0 spiro atoms. The summed E-state index contributed by atoms with van der Waals surface area (Å²) in [5.74, 6) is -0.0182. The molecule has 0 aromatic carbocycles. The van der Waals surface area contributed by atoms with E-state index in [1.54, 1.807) is 7.11 Å². The van der Waals surface area contributed by atoms with Crippen molar-refractivity contribution < 1.29 is 9.53 Å². The SMILES string of the molecule is COC1CCCC1NC(=O)c1cc(Br)c(Br)s1. The van der Waals surface area contributed by atoms with Crippen LogP contribution in [-0.4, -0.2) is 25.2 Å². The Balaban J connectivity index is 2.01. The van der Waals surface area contributed by atoms with E-state index >= 15 is 0 Å². The fraction of sp³-hybridized carbons (Fsp3) is 0.545. The molecule has 1 N–H and O–H groups in total. The zero-order valence-electron chi connectivity index (χ0n) is 9.33. The zero-order valence-corrected chi connectivity index (χ0v) is 13.3. The molecule has 1 aliphatic carbocycles. The van der Waals surface area contributed by atoms with Crippen molar-refractivity contribution in [1.82, 2.24) is 5.32 Å². The van der Waals surface area contributed by atoms with Crippen LogP contribution in [0.15, 0.2) is 14.3 Å². The molecule has 0 bridgehead atoms. The van der Waals surface area contributed by atoms with Crippen molar-refractivity contribution in [3.8, 4) is 0 Å². The second-order valence-corrected chi connectivity index (χ2v) is 7.24. The average Bonchev–Trinajstić information content (AvgIpc) is 2.86. The van der Waals surface area contributed by atoms with Crippen molar-refractivity contribution >= 4 is 49.1 Å². The fourth-order valence-electron chi connectivity index (χ4n) is 2.07. The summed E-state index contributed by atoms with van der Waals surface area (Å²) in [4.78, 5) is 12.7. The summed E-state index contributed by atoms with van der Waals surface area (Å²) in [6, 6.07) is 1.98. The summed E-state index contributed by atoms with van der Waals surface area (Å²) in [5.41, 5.74) is 0. The van der Waals surface area contributed by atoms with Gasteiger partial charge in [0.25, 0.3) is 5.91 Å². The van der Waals surface area contributed by atoms with E-state index in [1.807, 2.05) is 6.07 Å². The van der Waals surface area contributed by atoms with E-state index in [4.69, 9.17) is 4.74 Å². The normalized spacial score (nSPS) is 23.9. The predicted octanol–water partition coefficient (Wildman–Crippen LogP) is 3.57. The second-order valence-electron chi connectivity index (χ2n) is 4.02. The van der Waals surface area contributed by atoms with Crippen molar-refractivity contribution in [3.63, 3.8) is 0 Å².